The van der Waals surface area contributed by atoms with Gasteiger partial charge in [0.2, 0.25) is 10.0 Å². The molecule has 1 atom stereocenters. The highest BCUT2D eigenvalue weighted by Gasteiger charge is 2.13. The SMILES string of the molecule is CCN(c1ccc(N)c(CCS(=O)(=O)NC)c1)C(C)O. The minimum atomic E-state index is -3.26. The lowest BCUT2D eigenvalue weighted by atomic mass is 10.1. The van der Waals surface area contributed by atoms with E-state index in [4.69, 9.17) is 5.73 Å². The van der Waals surface area contributed by atoms with E-state index in [0.29, 0.717) is 18.7 Å². The first-order valence-corrected chi connectivity index (χ1v) is 8.20. The Bertz CT molecular complexity index is 544. The fourth-order valence-electron chi connectivity index (χ4n) is 2.00. The number of nitrogens with zero attached hydrogens (tertiary/aromatic N) is 1. The second-order valence-corrected chi connectivity index (χ2v) is 6.62. The number of nitrogens with one attached hydrogen (secondary N) is 1. The number of aliphatic hydroxyl groups excluding tert-OH is 1. The van der Waals surface area contributed by atoms with Gasteiger partial charge in [-0.3, -0.25) is 0 Å². The third kappa shape index (κ3) is 4.36. The maximum atomic E-state index is 11.5. The Morgan fingerprint density at radius 1 is 1.45 bits per heavy atom. The zero-order chi connectivity index (χ0) is 15.3. The Kier molecular flexibility index (Phi) is 5.79. The van der Waals surface area contributed by atoms with Gasteiger partial charge in [-0.1, -0.05) is 0 Å². The molecule has 20 heavy (non-hydrogen) atoms. The van der Waals surface area contributed by atoms with Crippen molar-refractivity contribution in [3.8, 4) is 0 Å². The zero-order valence-electron chi connectivity index (χ0n) is 12.1. The van der Waals surface area contributed by atoms with E-state index in [9.17, 15) is 13.5 Å². The predicted molar refractivity (Wildman–Crippen MR) is 82.1 cm³/mol. The fraction of sp³-hybridized carbons (Fsp3) is 0.538. The number of benzene rings is 1. The third-order valence-electron chi connectivity index (χ3n) is 3.20. The van der Waals surface area contributed by atoms with Crippen molar-refractivity contribution < 1.29 is 13.5 Å². The largest absolute Gasteiger partial charge is 0.399 e. The first-order chi connectivity index (χ1) is 9.30. The number of aryl methyl sites for hydroxylation is 1. The van der Waals surface area contributed by atoms with Gasteiger partial charge in [0.25, 0.3) is 0 Å². The molecule has 0 heterocycles. The van der Waals surface area contributed by atoms with Crippen molar-refractivity contribution in [2.24, 2.45) is 0 Å². The van der Waals surface area contributed by atoms with E-state index >= 15 is 0 Å². The number of hydrogen-bond acceptors (Lipinski definition) is 5. The number of anilines is 2. The molecule has 0 aromatic heterocycles. The average molecular weight is 301 g/mol. The molecular weight excluding hydrogens is 278 g/mol. The van der Waals surface area contributed by atoms with Crippen LogP contribution in [0.1, 0.15) is 19.4 Å². The van der Waals surface area contributed by atoms with Gasteiger partial charge >= 0.3 is 0 Å². The van der Waals surface area contributed by atoms with Crippen LogP contribution in [0.4, 0.5) is 11.4 Å². The van der Waals surface area contributed by atoms with Crippen LogP contribution in [-0.4, -0.2) is 39.1 Å². The number of aliphatic hydroxyl groups is 1. The Labute approximate surface area is 120 Å². The average Bonchev–Trinajstić information content (AvgIpc) is 2.39. The molecule has 1 aromatic rings. The van der Waals surface area contributed by atoms with Crippen molar-refractivity contribution in [1.82, 2.24) is 4.72 Å². The Balaban J connectivity index is 2.97. The van der Waals surface area contributed by atoms with Crippen molar-refractivity contribution >= 4 is 21.4 Å². The van der Waals surface area contributed by atoms with Crippen LogP contribution in [0.5, 0.6) is 0 Å². The van der Waals surface area contributed by atoms with Gasteiger partial charge in [0.05, 0.1) is 5.75 Å². The summed E-state index contributed by atoms with van der Waals surface area (Å²) in [4.78, 5) is 1.80. The van der Waals surface area contributed by atoms with Gasteiger partial charge in [0, 0.05) is 17.9 Å². The molecule has 0 amide bonds. The van der Waals surface area contributed by atoms with Crippen LogP contribution in [-0.2, 0) is 16.4 Å². The standard InChI is InChI=1S/C13H23N3O3S/c1-4-16(10(2)17)12-5-6-13(14)11(9-12)7-8-20(18,19)15-3/h5-6,9-10,15,17H,4,7-8,14H2,1-3H3. The number of nitrogen functional groups attached to an aromatic ring is 1. The molecule has 0 bridgehead atoms. The van der Waals surface area contributed by atoms with Gasteiger partial charge in [-0.05, 0) is 51.1 Å². The first kappa shape index (κ1) is 16.7. The normalized spacial score (nSPS) is 13.2. The monoisotopic (exact) mass is 301 g/mol. The van der Waals surface area contributed by atoms with E-state index in [1.807, 2.05) is 19.1 Å². The van der Waals surface area contributed by atoms with Crippen LogP contribution in [0.3, 0.4) is 0 Å². The lowest BCUT2D eigenvalue weighted by Crippen LogP contribution is -2.32. The molecule has 4 N–H and O–H groups in total. The van der Waals surface area contributed by atoms with E-state index < -0.39 is 16.3 Å². The van der Waals surface area contributed by atoms with Crippen LogP contribution in [0, 0.1) is 0 Å². The Morgan fingerprint density at radius 3 is 2.60 bits per heavy atom. The van der Waals surface area contributed by atoms with Gasteiger partial charge in [0.15, 0.2) is 0 Å². The van der Waals surface area contributed by atoms with Gasteiger partial charge in [-0.2, -0.15) is 0 Å². The summed E-state index contributed by atoms with van der Waals surface area (Å²) in [6, 6.07) is 5.39. The quantitative estimate of drug-likeness (QED) is 0.504. The Hall–Kier alpha value is -1.31. The molecule has 0 aliphatic heterocycles. The molecule has 0 saturated heterocycles. The van der Waals surface area contributed by atoms with Crippen molar-refractivity contribution in [3.63, 3.8) is 0 Å². The van der Waals surface area contributed by atoms with Gasteiger partial charge < -0.3 is 15.7 Å². The van der Waals surface area contributed by atoms with Crippen molar-refractivity contribution in [2.45, 2.75) is 26.5 Å². The van der Waals surface area contributed by atoms with Crippen molar-refractivity contribution in [1.29, 1.82) is 0 Å². The molecule has 0 aliphatic carbocycles. The molecule has 0 spiro atoms. The lowest BCUT2D eigenvalue weighted by Gasteiger charge is -2.27. The molecular formula is C13H23N3O3S. The first-order valence-electron chi connectivity index (χ1n) is 6.55. The molecule has 0 saturated carbocycles. The number of hydrogen-bond donors (Lipinski definition) is 3. The second-order valence-electron chi connectivity index (χ2n) is 4.57. The van der Waals surface area contributed by atoms with Crippen LogP contribution >= 0.6 is 0 Å². The van der Waals surface area contributed by atoms with E-state index in [0.717, 1.165) is 11.3 Å². The highest BCUT2D eigenvalue weighted by Crippen LogP contribution is 2.23. The minimum absolute atomic E-state index is 0.0159. The molecule has 7 heteroatoms. The summed E-state index contributed by atoms with van der Waals surface area (Å²) < 4.78 is 25.2. The summed E-state index contributed by atoms with van der Waals surface area (Å²) >= 11 is 0. The molecule has 1 unspecified atom stereocenters. The summed E-state index contributed by atoms with van der Waals surface area (Å²) in [5.41, 5.74) is 8.03. The van der Waals surface area contributed by atoms with Crippen molar-refractivity contribution in [2.75, 3.05) is 30.0 Å². The summed E-state index contributed by atoms with van der Waals surface area (Å²) in [5.74, 6) is -0.0159. The highest BCUT2D eigenvalue weighted by molar-refractivity contribution is 7.89. The maximum absolute atomic E-state index is 11.5. The topological polar surface area (TPSA) is 95.7 Å². The predicted octanol–water partition coefficient (Wildman–Crippen LogP) is 0.525. The molecule has 1 aromatic carbocycles. The maximum Gasteiger partial charge on any atom is 0.211 e. The van der Waals surface area contributed by atoms with E-state index in [2.05, 4.69) is 4.72 Å². The van der Waals surface area contributed by atoms with E-state index in [-0.39, 0.29) is 5.75 Å². The number of rotatable bonds is 7. The summed E-state index contributed by atoms with van der Waals surface area (Å²) in [6.07, 6.45) is -0.280. The van der Waals surface area contributed by atoms with Crippen molar-refractivity contribution in [3.05, 3.63) is 23.8 Å². The molecule has 0 fully saturated rings. The Morgan fingerprint density at radius 2 is 2.10 bits per heavy atom. The summed E-state index contributed by atoms with van der Waals surface area (Å²) in [5, 5.41) is 9.71. The minimum Gasteiger partial charge on any atom is -0.399 e. The van der Waals surface area contributed by atoms with E-state index in [1.54, 1.807) is 17.9 Å². The molecule has 0 radical (unpaired) electrons. The smallest absolute Gasteiger partial charge is 0.211 e. The fourth-order valence-corrected chi connectivity index (χ4v) is 2.69. The van der Waals surface area contributed by atoms with Crippen LogP contribution in [0.2, 0.25) is 0 Å². The molecule has 114 valence electrons. The van der Waals surface area contributed by atoms with Gasteiger partial charge in [-0.25, -0.2) is 13.1 Å². The lowest BCUT2D eigenvalue weighted by molar-refractivity contribution is 0.190. The van der Waals surface area contributed by atoms with Crippen LogP contribution < -0.4 is 15.4 Å². The van der Waals surface area contributed by atoms with Crippen LogP contribution in [0.15, 0.2) is 18.2 Å². The summed E-state index contributed by atoms with van der Waals surface area (Å²) in [6.45, 7) is 4.27. The molecule has 0 aliphatic rings. The highest BCUT2D eigenvalue weighted by atomic mass is 32.2. The third-order valence-corrected chi connectivity index (χ3v) is 4.56. The summed E-state index contributed by atoms with van der Waals surface area (Å²) in [7, 11) is -1.87. The number of sulfonamides is 1. The van der Waals surface area contributed by atoms with Crippen LogP contribution in [0.25, 0.3) is 0 Å². The van der Waals surface area contributed by atoms with E-state index in [1.165, 1.54) is 7.05 Å². The second kappa shape index (κ2) is 6.92. The van der Waals surface area contributed by atoms with Gasteiger partial charge in [-0.15, -0.1) is 0 Å². The zero-order valence-corrected chi connectivity index (χ0v) is 12.9. The van der Waals surface area contributed by atoms with Gasteiger partial charge in [0.1, 0.15) is 6.23 Å². The molecule has 6 nitrogen and oxygen atoms in total. The molecule has 1 rings (SSSR count). The number of nitrogens with two attached hydrogens (primary N) is 1.